The molecule has 4 atom stereocenters. The second-order valence-electron chi connectivity index (χ2n) is 6.30. The first-order valence-electron chi connectivity index (χ1n) is 8.05. The van der Waals surface area contributed by atoms with Crippen LogP contribution in [0.1, 0.15) is 16.9 Å². The molecule has 1 amide bonds. The van der Waals surface area contributed by atoms with Crippen molar-refractivity contribution >= 4 is 16.8 Å². The molecule has 2 heterocycles. The van der Waals surface area contributed by atoms with E-state index in [2.05, 4.69) is 10.3 Å². The van der Waals surface area contributed by atoms with E-state index in [1.54, 1.807) is 13.2 Å². The van der Waals surface area contributed by atoms with E-state index < -0.39 is 0 Å². The Morgan fingerprint density at radius 3 is 3.09 bits per heavy atom. The van der Waals surface area contributed by atoms with Gasteiger partial charge in [0.25, 0.3) is 5.91 Å². The largest absolute Gasteiger partial charge is 0.384 e. The van der Waals surface area contributed by atoms with Gasteiger partial charge in [-0.3, -0.25) is 4.79 Å². The number of hydrogen-bond donors (Lipinski definition) is 1. The highest BCUT2D eigenvalue weighted by atomic mass is 16.5. The molecule has 4 rings (SSSR count). The maximum absolute atomic E-state index is 12.6. The van der Waals surface area contributed by atoms with E-state index in [9.17, 15) is 4.79 Å². The van der Waals surface area contributed by atoms with Gasteiger partial charge in [0, 0.05) is 37.0 Å². The van der Waals surface area contributed by atoms with Gasteiger partial charge in [-0.25, -0.2) is 4.98 Å². The number of nitrogens with one attached hydrogen (secondary N) is 1. The molecule has 1 aromatic heterocycles. The SMILES string of the molecule is COC[C@@H]1[C@H](NC(=O)c2ccc3ccccc3n2)[C@@H]2CCO[C@H]12. The average molecular weight is 312 g/mol. The van der Waals surface area contributed by atoms with Gasteiger partial charge < -0.3 is 14.8 Å². The first-order valence-corrected chi connectivity index (χ1v) is 8.05. The molecule has 2 aliphatic rings. The lowest BCUT2D eigenvalue weighted by atomic mass is 9.67. The fourth-order valence-corrected chi connectivity index (χ4v) is 3.85. The van der Waals surface area contributed by atoms with E-state index in [-0.39, 0.29) is 24.0 Å². The molecule has 1 N–H and O–H groups in total. The van der Waals surface area contributed by atoms with Crippen LogP contribution in [-0.4, -0.2) is 43.4 Å². The Balaban J connectivity index is 1.52. The molecule has 5 nitrogen and oxygen atoms in total. The maximum atomic E-state index is 12.6. The second-order valence-corrected chi connectivity index (χ2v) is 6.30. The zero-order valence-electron chi connectivity index (χ0n) is 13.1. The molecular formula is C18H20N2O3. The number of rotatable bonds is 4. The zero-order valence-corrected chi connectivity index (χ0v) is 13.1. The highest BCUT2D eigenvalue weighted by Gasteiger charge is 2.54. The Morgan fingerprint density at radius 1 is 1.35 bits per heavy atom. The van der Waals surface area contributed by atoms with Gasteiger partial charge in [0.05, 0.1) is 18.2 Å². The molecule has 1 aliphatic carbocycles. The third kappa shape index (κ3) is 2.50. The minimum absolute atomic E-state index is 0.114. The van der Waals surface area contributed by atoms with Gasteiger partial charge >= 0.3 is 0 Å². The predicted octanol–water partition coefficient (Wildman–Crippen LogP) is 2.01. The van der Waals surface area contributed by atoms with Gasteiger partial charge in [0.2, 0.25) is 0 Å². The number of pyridine rings is 1. The minimum Gasteiger partial charge on any atom is -0.384 e. The number of amides is 1. The number of nitrogens with zero attached hydrogens (tertiary/aromatic N) is 1. The van der Waals surface area contributed by atoms with Gasteiger partial charge in [-0.2, -0.15) is 0 Å². The van der Waals surface area contributed by atoms with Crippen molar-refractivity contribution in [2.45, 2.75) is 18.6 Å². The van der Waals surface area contributed by atoms with Crippen LogP contribution in [-0.2, 0) is 9.47 Å². The lowest BCUT2D eigenvalue weighted by Crippen LogP contribution is -2.62. The van der Waals surface area contributed by atoms with Crippen LogP contribution in [0.4, 0.5) is 0 Å². The summed E-state index contributed by atoms with van der Waals surface area (Å²) in [6.07, 6.45) is 1.23. The topological polar surface area (TPSA) is 60.5 Å². The molecule has 1 saturated carbocycles. The number of fused-ring (bicyclic) bond motifs is 2. The Hall–Kier alpha value is -1.98. The summed E-state index contributed by atoms with van der Waals surface area (Å²) >= 11 is 0. The van der Waals surface area contributed by atoms with E-state index in [0.29, 0.717) is 18.2 Å². The van der Waals surface area contributed by atoms with E-state index in [0.717, 1.165) is 23.9 Å². The minimum atomic E-state index is -0.118. The van der Waals surface area contributed by atoms with Gasteiger partial charge in [-0.15, -0.1) is 0 Å². The molecule has 1 aliphatic heterocycles. The van der Waals surface area contributed by atoms with Crippen LogP contribution in [0.2, 0.25) is 0 Å². The summed E-state index contributed by atoms with van der Waals surface area (Å²) in [5, 5.41) is 4.18. The van der Waals surface area contributed by atoms with Crippen LogP contribution < -0.4 is 5.32 Å². The van der Waals surface area contributed by atoms with E-state index in [1.165, 1.54) is 0 Å². The molecule has 1 aromatic carbocycles. The van der Waals surface area contributed by atoms with Crippen molar-refractivity contribution < 1.29 is 14.3 Å². The first-order chi connectivity index (χ1) is 11.3. The second kappa shape index (κ2) is 5.91. The van der Waals surface area contributed by atoms with E-state index in [4.69, 9.17) is 9.47 Å². The quantitative estimate of drug-likeness (QED) is 0.938. The molecule has 1 saturated heterocycles. The Morgan fingerprint density at radius 2 is 2.22 bits per heavy atom. The molecular weight excluding hydrogens is 292 g/mol. The number of para-hydroxylation sites is 1. The van der Waals surface area contributed by atoms with Crippen LogP contribution >= 0.6 is 0 Å². The summed E-state index contributed by atoms with van der Waals surface area (Å²) < 4.78 is 11.0. The lowest BCUT2D eigenvalue weighted by Gasteiger charge is -2.47. The van der Waals surface area contributed by atoms with Crippen LogP contribution in [0, 0.1) is 11.8 Å². The molecule has 2 aromatic rings. The Bertz CT molecular complexity index is 733. The van der Waals surface area contributed by atoms with Gasteiger partial charge in [-0.05, 0) is 18.6 Å². The molecule has 0 unspecified atom stereocenters. The molecule has 5 heteroatoms. The van der Waals surface area contributed by atoms with Crippen molar-refractivity contribution in [3.63, 3.8) is 0 Å². The van der Waals surface area contributed by atoms with Gasteiger partial charge in [0.15, 0.2) is 0 Å². The fraction of sp³-hybridized carbons (Fsp3) is 0.444. The molecule has 0 spiro atoms. The number of methoxy groups -OCH3 is 1. The predicted molar refractivity (Wildman–Crippen MR) is 86.2 cm³/mol. The summed E-state index contributed by atoms with van der Waals surface area (Å²) in [6.45, 7) is 1.38. The summed E-state index contributed by atoms with van der Waals surface area (Å²) in [4.78, 5) is 17.0. The fourth-order valence-electron chi connectivity index (χ4n) is 3.85. The van der Waals surface area contributed by atoms with Crippen molar-refractivity contribution in [2.75, 3.05) is 20.3 Å². The van der Waals surface area contributed by atoms with Crippen molar-refractivity contribution in [3.05, 3.63) is 42.1 Å². The number of carbonyl (C=O) groups excluding carboxylic acids is 1. The van der Waals surface area contributed by atoms with Crippen molar-refractivity contribution in [1.82, 2.24) is 10.3 Å². The molecule has 0 bridgehead atoms. The van der Waals surface area contributed by atoms with E-state index in [1.807, 2.05) is 30.3 Å². The Labute approximate surface area is 135 Å². The summed E-state index contributed by atoms with van der Waals surface area (Å²) in [5.74, 6) is 0.517. The first kappa shape index (κ1) is 14.6. The third-order valence-corrected chi connectivity index (χ3v) is 5.02. The number of ether oxygens (including phenoxy) is 2. The third-order valence-electron chi connectivity index (χ3n) is 5.02. The lowest BCUT2D eigenvalue weighted by molar-refractivity contribution is -0.0810. The standard InChI is InChI=1S/C18H20N2O3/c1-22-10-13-16(12-8-9-23-17(12)13)20-18(21)15-7-6-11-4-2-3-5-14(11)19-15/h2-7,12-13,16-17H,8-10H2,1H3,(H,20,21)/t12-,13+,16+,17-/m0/s1. The maximum Gasteiger partial charge on any atom is 0.270 e. The molecule has 0 radical (unpaired) electrons. The monoisotopic (exact) mass is 312 g/mol. The van der Waals surface area contributed by atoms with Crippen LogP contribution in [0.5, 0.6) is 0 Å². The number of carbonyl (C=O) groups is 1. The van der Waals surface area contributed by atoms with E-state index >= 15 is 0 Å². The van der Waals surface area contributed by atoms with Gasteiger partial charge in [-0.1, -0.05) is 24.3 Å². The normalized spacial score (nSPS) is 29.1. The van der Waals surface area contributed by atoms with Crippen molar-refractivity contribution in [2.24, 2.45) is 11.8 Å². The molecule has 23 heavy (non-hydrogen) atoms. The number of hydrogen-bond acceptors (Lipinski definition) is 4. The summed E-state index contributed by atoms with van der Waals surface area (Å²) in [7, 11) is 1.69. The van der Waals surface area contributed by atoms with Crippen LogP contribution in [0.25, 0.3) is 10.9 Å². The van der Waals surface area contributed by atoms with Crippen LogP contribution in [0.15, 0.2) is 36.4 Å². The molecule has 120 valence electrons. The zero-order chi connectivity index (χ0) is 15.8. The van der Waals surface area contributed by atoms with Crippen molar-refractivity contribution in [3.8, 4) is 0 Å². The Kier molecular flexibility index (Phi) is 3.75. The van der Waals surface area contributed by atoms with Crippen LogP contribution in [0.3, 0.4) is 0 Å². The number of aromatic nitrogens is 1. The molecule has 2 fully saturated rings. The smallest absolute Gasteiger partial charge is 0.270 e. The highest BCUT2D eigenvalue weighted by molar-refractivity contribution is 5.95. The number of benzene rings is 1. The summed E-state index contributed by atoms with van der Waals surface area (Å²) in [5.41, 5.74) is 1.30. The van der Waals surface area contributed by atoms with Crippen molar-refractivity contribution in [1.29, 1.82) is 0 Å². The highest BCUT2D eigenvalue weighted by Crippen LogP contribution is 2.43. The van der Waals surface area contributed by atoms with Gasteiger partial charge in [0.1, 0.15) is 5.69 Å². The summed E-state index contributed by atoms with van der Waals surface area (Å²) in [6, 6.07) is 11.6. The average Bonchev–Trinajstić information content (AvgIpc) is 3.01.